The Labute approximate surface area is 110 Å². The molecule has 0 bridgehead atoms. The van der Waals surface area contributed by atoms with E-state index in [4.69, 9.17) is 26.8 Å². The first kappa shape index (κ1) is 12.6. The van der Waals surface area contributed by atoms with Crippen LogP contribution in [0.2, 0.25) is 5.02 Å². The highest BCUT2D eigenvalue weighted by Gasteiger charge is 2.19. The predicted molar refractivity (Wildman–Crippen MR) is 71.3 cm³/mol. The normalized spacial score (nSPS) is 10.4. The second kappa shape index (κ2) is 4.78. The van der Waals surface area contributed by atoms with Gasteiger partial charge in [0.05, 0.1) is 25.4 Å². The molecule has 96 valence electrons. The Morgan fingerprint density at radius 1 is 1.33 bits per heavy atom. The van der Waals surface area contributed by atoms with Gasteiger partial charge in [0.25, 0.3) is 0 Å². The maximum Gasteiger partial charge on any atom is 0.180 e. The molecular formula is C12H14ClN3O2. The second-order valence-corrected chi connectivity index (χ2v) is 4.19. The number of hydrogen-bond acceptors (Lipinski definition) is 4. The van der Waals surface area contributed by atoms with Crippen molar-refractivity contribution in [3.63, 3.8) is 0 Å². The van der Waals surface area contributed by atoms with E-state index in [0.717, 1.165) is 16.7 Å². The molecule has 6 heteroatoms. The van der Waals surface area contributed by atoms with Crippen molar-refractivity contribution in [1.29, 1.82) is 0 Å². The van der Waals surface area contributed by atoms with E-state index < -0.39 is 0 Å². The topological polar surface area (TPSA) is 73.2 Å². The zero-order valence-corrected chi connectivity index (χ0v) is 11.1. The lowest BCUT2D eigenvalue weighted by molar-refractivity contribution is 0.355. The molecule has 0 aliphatic carbocycles. The van der Waals surface area contributed by atoms with E-state index in [1.165, 1.54) is 0 Å². The first-order valence-electron chi connectivity index (χ1n) is 5.30. The van der Waals surface area contributed by atoms with Crippen molar-refractivity contribution >= 4 is 17.4 Å². The standard InChI is InChI=1S/C12H14ClN3O2/c1-6-4-8(17-2)11(18-3)10(13)9(6)7-5-15-16-12(7)14/h4-5H,1-3H3,(H3,14,15,16). The van der Waals surface area contributed by atoms with Crippen molar-refractivity contribution in [2.75, 3.05) is 20.0 Å². The van der Waals surface area contributed by atoms with Crippen LogP contribution in [0.1, 0.15) is 5.56 Å². The third-order valence-electron chi connectivity index (χ3n) is 2.75. The molecule has 1 aromatic carbocycles. The maximum absolute atomic E-state index is 6.36. The molecule has 3 N–H and O–H groups in total. The van der Waals surface area contributed by atoms with Crippen LogP contribution in [0.4, 0.5) is 5.82 Å². The number of nitrogen functional groups attached to an aromatic ring is 1. The van der Waals surface area contributed by atoms with Crippen molar-refractivity contribution in [2.24, 2.45) is 0 Å². The number of H-pyrrole nitrogens is 1. The Bertz CT molecular complexity index is 581. The van der Waals surface area contributed by atoms with Crippen LogP contribution in [0.5, 0.6) is 11.5 Å². The predicted octanol–water partition coefficient (Wildman–Crippen LogP) is 2.64. The number of ether oxygens (including phenoxy) is 2. The number of nitrogens with two attached hydrogens (primary N) is 1. The van der Waals surface area contributed by atoms with Crippen LogP contribution < -0.4 is 15.2 Å². The molecule has 0 aliphatic rings. The molecule has 1 heterocycles. The first-order valence-corrected chi connectivity index (χ1v) is 5.68. The summed E-state index contributed by atoms with van der Waals surface area (Å²) in [6.07, 6.45) is 1.63. The molecule has 0 saturated carbocycles. The van der Waals surface area contributed by atoms with Crippen LogP contribution in [-0.4, -0.2) is 24.4 Å². The van der Waals surface area contributed by atoms with Crippen molar-refractivity contribution in [3.05, 3.63) is 22.8 Å². The minimum atomic E-state index is 0.461. The van der Waals surface area contributed by atoms with Gasteiger partial charge in [-0.1, -0.05) is 11.6 Å². The zero-order chi connectivity index (χ0) is 13.3. The first-order chi connectivity index (χ1) is 8.60. The number of aromatic amines is 1. The fraction of sp³-hybridized carbons (Fsp3) is 0.250. The Hall–Kier alpha value is -1.88. The summed E-state index contributed by atoms with van der Waals surface area (Å²) in [5.74, 6) is 1.54. The molecule has 0 radical (unpaired) electrons. The van der Waals surface area contributed by atoms with Gasteiger partial charge in [-0.05, 0) is 18.6 Å². The summed E-state index contributed by atoms with van der Waals surface area (Å²) < 4.78 is 10.5. The molecule has 18 heavy (non-hydrogen) atoms. The molecule has 0 unspecified atom stereocenters. The van der Waals surface area contributed by atoms with Gasteiger partial charge in [-0.3, -0.25) is 5.10 Å². The molecule has 0 saturated heterocycles. The van der Waals surface area contributed by atoms with E-state index >= 15 is 0 Å². The lowest BCUT2D eigenvalue weighted by Crippen LogP contribution is -1.96. The highest BCUT2D eigenvalue weighted by molar-refractivity contribution is 6.35. The molecule has 0 spiro atoms. The van der Waals surface area contributed by atoms with E-state index in [-0.39, 0.29) is 0 Å². The Balaban J connectivity index is 2.73. The summed E-state index contributed by atoms with van der Waals surface area (Å²) in [6, 6.07) is 1.85. The third kappa shape index (κ3) is 1.86. The van der Waals surface area contributed by atoms with E-state index in [1.54, 1.807) is 20.4 Å². The number of benzene rings is 1. The van der Waals surface area contributed by atoms with E-state index in [0.29, 0.717) is 22.3 Å². The lowest BCUT2D eigenvalue weighted by atomic mass is 10.0. The SMILES string of the molecule is COc1cc(C)c(-c2cn[nH]c2N)c(Cl)c1OC. The van der Waals surface area contributed by atoms with Gasteiger partial charge in [0, 0.05) is 11.1 Å². The fourth-order valence-corrected chi connectivity index (χ4v) is 2.32. The number of halogens is 1. The number of rotatable bonds is 3. The largest absolute Gasteiger partial charge is 0.493 e. The Morgan fingerprint density at radius 3 is 2.56 bits per heavy atom. The third-order valence-corrected chi connectivity index (χ3v) is 3.11. The number of aryl methyl sites for hydroxylation is 1. The van der Waals surface area contributed by atoms with Crippen LogP contribution in [0, 0.1) is 6.92 Å². The van der Waals surface area contributed by atoms with Gasteiger partial charge >= 0.3 is 0 Å². The fourth-order valence-electron chi connectivity index (χ4n) is 1.90. The maximum atomic E-state index is 6.36. The van der Waals surface area contributed by atoms with Gasteiger partial charge in [-0.25, -0.2) is 0 Å². The van der Waals surface area contributed by atoms with E-state index in [2.05, 4.69) is 10.2 Å². The number of methoxy groups -OCH3 is 2. The average Bonchev–Trinajstić information content (AvgIpc) is 2.75. The van der Waals surface area contributed by atoms with Gasteiger partial charge in [-0.15, -0.1) is 0 Å². The van der Waals surface area contributed by atoms with Gasteiger partial charge in [0.15, 0.2) is 11.5 Å². The molecule has 0 aliphatic heterocycles. The molecule has 2 aromatic rings. The summed E-state index contributed by atoms with van der Waals surface area (Å²) in [6.45, 7) is 1.93. The van der Waals surface area contributed by atoms with Crippen LogP contribution in [0.25, 0.3) is 11.1 Å². The second-order valence-electron chi connectivity index (χ2n) is 3.82. The summed E-state index contributed by atoms with van der Waals surface area (Å²) in [7, 11) is 3.11. The Morgan fingerprint density at radius 2 is 2.06 bits per heavy atom. The van der Waals surface area contributed by atoms with Crippen molar-refractivity contribution in [2.45, 2.75) is 6.92 Å². The minimum Gasteiger partial charge on any atom is -0.493 e. The van der Waals surface area contributed by atoms with Gasteiger partial charge in [0.2, 0.25) is 0 Å². The smallest absolute Gasteiger partial charge is 0.180 e. The summed E-state index contributed by atoms with van der Waals surface area (Å²) in [5.41, 5.74) is 8.30. The molecule has 2 rings (SSSR count). The number of anilines is 1. The average molecular weight is 268 g/mol. The quantitative estimate of drug-likeness (QED) is 0.897. The van der Waals surface area contributed by atoms with Crippen LogP contribution >= 0.6 is 11.6 Å². The molecule has 1 aromatic heterocycles. The highest BCUT2D eigenvalue weighted by Crippen LogP contribution is 2.44. The molecule has 5 nitrogen and oxygen atoms in total. The van der Waals surface area contributed by atoms with Crippen molar-refractivity contribution in [1.82, 2.24) is 10.2 Å². The summed E-state index contributed by atoms with van der Waals surface area (Å²) in [4.78, 5) is 0. The van der Waals surface area contributed by atoms with Crippen LogP contribution in [-0.2, 0) is 0 Å². The van der Waals surface area contributed by atoms with Crippen LogP contribution in [0.15, 0.2) is 12.3 Å². The molecule has 0 amide bonds. The summed E-state index contributed by atoms with van der Waals surface area (Å²) >= 11 is 6.36. The van der Waals surface area contributed by atoms with Gasteiger partial charge in [-0.2, -0.15) is 5.10 Å². The van der Waals surface area contributed by atoms with E-state index in [9.17, 15) is 0 Å². The van der Waals surface area contributed by atoms with Gasteiger partial charge < -0.3 is 15.2 Å². The Kier molecular flexibility index (Phi) is 3.34. The van der Waals surface area contributed by atoms with Crippen LogP contribution in [0.3, 0.4) is 0 Å². The highest BCUT2D eigenvalue weighted by atomic mass is 35.5. The van der Waals surface area contributed by atoms with Crippen molar-refractivity contribution < 1.29 is 9.47 Å². The number of nitrogens with zero attached hydrogens (tertiary/aromatic N) is 1. The van der Waals surface area contributed by atoms with E-state index in [1.807, 2.05) is 13.0 Å². The lowest BCUT2D eigenvalue weighted by Gasteiger charge is -2.15. The minimum absolute atomic E-state index is 0.461. The number of nitrogens with one attached hydrogen (secondary N) is 1. The number of hydrogen-bond donors (Lipinski definition) is 2. The van der Waals surface area contributed by atoms with Gasteiger partial charge in [0.1, 0.15) is 5.82 Å². The monoisotopic (exact) mass is 267 g/mol. The molecule has 0 fully saturated rings. The zero-order valence-electron chi connectivity index (χ0n) is 10.4. The molecular weight excluding hydrogens is 254 g/mol. The summed E-state index contributed by atoms with van der Waals surface area (Å²) in [5, 5.41) is 7.04. The molecule has 0 atom stereocenters. The van der Waals surface area contributed by atoms with Crippen molar-refractivity contribution in [3.8, 4) is 22.6 Å². The number of aromatic nitrogens is 2.